The molecule has 0 spiro atoms. The molecule has 2 aliphatic heterocycles. The molecular formula is C17H21FN4O3. The lowest BCUT2D eigenvalue weighted by molar-refractivity contribution is -0.127. The summed E-state index contributed by atoms with van der Waals surface area (Å²) < 4.78 is 13.0. The fraction of sp³-hybridized carbons (Fsp3) is 0.471. The zero-order valence-corrected chi connectivity index (χ0v) is 13.8. The smallest absolute Gasteiger partial charge is 0.254 e. The van der Waals surface area contributed by atoms with Gasteiger partial charge in [0.25, 0.3) is 5.91 Å². The lowest BCUT2D eigenvalue weighted by Gasteiger charge is -2.35. The maximum absolute atomic E-state index is 13.0. The van der Waals surface area contributed by atoms with Crippen LogP contribution in [0.5, 0.6) is 0 Å². The molecule has 3 rings (SSSR count). The molecule has 3 N–H and O–H groups in total. The maximum Gasteiger partial charge on any atom is 0.254 e. The highest BCUT2D eigenvalue weighted by molar-refractivity contribution is 5.98. The number of rotatable bonds is 4. The maximum atomic E-state index is 13.0. The zero-order chi connectivity index (χ0) is 17.8. The highest BCUT2D eigenvalue weighted by atomic mass is 19.1. The molecule has 25 heavy (non-hydrogen) atoms. The van der Waals surface area contributed by atoms with E-state index in [1.165, 1.54) is 29.2 Å². The molecule has 2 fully saturated rings. The number of benzene rings is 1. The highest BCUT2D eigenvalue weighted by Gasteiger charge is 2.33. The van der Waals surface area contributed by atoms with Crippen molar-refractivity contribution in [2.75, 3.05) is 32.7 Å². The zero-order valence-electron chi connectivity index (χ0n) is 13.8. The Bertz CT molecular complexity index is 664. The molecule has 0 radical (unpaired) electrons. The summed E-state index contributed by atoms with van der Waals surface area (Å²) in [4.78, 5) is 38.3. The molecule has 0 saturated carbocycles. The van der Waals surface area contributed by atoms with Crippen molar-refractivity contribution in [2.24, 2.45) is 5.92 Å². The number of nitrogens with one attached hydrogen (secondary N) is 3. The van der Waals surface area contributed by atoms with Crippen LogP contribution in [0.15, 0.2) is 24.3 Å². The number of halogens is 1. The van der Waals surface area contributed by atoms with E-state index in [9.17, 15) is 18.8 Å². The molecule has 0 bridgehead atoms. The Labute approximate surface area is 144 Å². The fourth-order valence-electron chi connectivity index (χ4n) is 3.12. The summed E-state index contributed by atoms with van der Waals surface area (Å²) in [5, 5.41) is 8.61. The second kappa shape index (κ2) is 7.60. The van der Waals surface area contributed by atoms with Crippen LogP contribution >= 0.6 is 0 Å². The van der Waals surface area contributed by atoms with E-state index >= 15 is 0 Å². The van der Waals surface area contributed by atoms with Gasteiger partial charge in [0, 0.05) is 38.3 Å². The van der Waals surface area contributed by atoms with Crippen molar-refractivity contribution in [2.45, 2.75) is 12.5 Å². The Hall–Kier alpha value is -2.48. The molecule has 8 heteroatoms. The Morgan fingerprint density at radius 3 is 2.68 bits per heavy atom. The monoisotopic (exact) mass is 348 g/mol. The first-order valence-corrected chi connectivity index (χ1v) is 8.39. The van der Waals surface area contributed by atoms with Crippen LogP contribution in [0.2, 0.25) is 0 Å². The molecule has 0 aliphatic carbocycles. The number of carbonyl (C=O) groups excluding carboxylic acids is 3. The summed E-state index contributed by atoms with van der Waals surface area (Å²) in [7, 11) is 0. The lowest BCUT2D eigenvalue weighted by Crippen LogP contribution is -2.60. The van der Waals surface area contributed by atoms with Gasteiger partial charge in [-0.1, -0.05) is 0 Å². The molecule has 2 unspecified atom stereocenters. The van der Waals surface area contributed by atoms with Crippen LogP contribution in [-0.4, -0.2) is 61.4 Å². The second-order valence-electron chi connectivity index (χ2n) is 6.25. The Morgan fingerprint density at radius 2 is 2.00 bits per heavy atom. The van der Waals surface area contributed by atoms with E-state index in [1.54, 1.807) is 0 Å². The molecule has 1 aromatic rings. The predicted octanol–water partition coefficient (Wildman–Crippen LogP) is -0.508. The third-order valence-corrected chi connectivity index (χ3v) is 4.58. The van der Waals surface area contributed by atoms with Gasteiger partial charge in [-0.2, -0.15) is 0 Å². The third-order valence-electron chi connectivity index (χ3n) is 4.58. The van der Waals surface area contributed by atoms with Crippen molar-refractivity contribution in [3.8, 4) is 0 Å². The van der Waals surface area contributed by atoms with E-state index < -0.39 is 11.9 Å². The normalized spacial score (nSPS) is 23.2. The first kappa shape index (κ1) is 17.3. The minimum Gasteiger partial charge on any atom is -0.356 e. The van der Waals surface area contributed by atoms with Crippen molar-refractivity contribution in [1.82, 2.24) is 20.9 Å². The molecule has 2 saturated heterocycles. The summed E-state index contributed by atoms with van der Waals surface area (Å²) in [6, 6.07) is 4.62. The van der Waals surface area contributed by atoms with Gasteiger partial charge in [-0.15, -0.1) is 0 Å². The van der Waals surface area contributed by atoms with Crippen molar-refractivity contribution < 1.29 is 18.8 Å². The molecule has 0 aromatic heterocycles. The molecule has 2 atom stereocenters. The average molecular weight is 348 g/mol. The van der Waals surface area contributed by atoms with E-state index in [-0.39, 0.29) is 30.2 Å². The van der Waals surface area contributed by atoms with Crippen molar-refractivity contribution in [3.63, 3.8) is 0 Å². The Morgan fingerprint density at radius 1 is 1.24 bits per heavy atom. The third kappa shape index (κ3) is 3.96. The van der Waals surface area contributed by atoms with Gasteiger partial charge >= 0.3 is 0 Å². The molecule has 2 aliphatic rings. The lowest BCUT2D eigenvalue weighted by atomic mass is 10.1. The number of piperazine rings is 1. The van der Waals surface area contributed by atoms with E-state index in [0.717, 1.165) is 0 Å². The molecular weight excluding hydrogens is 327 g/mol. The summed E-state index contributed by atoms with van der Waals surface area (Å²) in [5.41, 5.74) is 0.344. The van der Waals surface area contributed by atoms with Gasteiger partial charge in [0.2, 0.25) is 11.8 Å². The highest BCUT2D eigenvalue weighted by Crippen LogP contribution is 2.13. The fourth-order valence-corrected chi connectivity index (χ4v) is 3.12. The molecule has 134 valence electrons. The summed E-state index contributed by atoms with van der Waals surface area (Å²) >= 11 is 0. The molecule has 7 nitrogen and oxygen atoms in total. The van der Waals surface area contributed by atoms with Gasteiger partial charge in [-0.25, -0.2) is 4.39 Å². The topological polar surface area (TPSA) is 90.5 Å². The van der Waals surface area contributed by atoms with Crippen LogP contribution in [-0.2, 0) is 9.59 Å². The number of amides is 3. The van der Waals surface area contributed by atoms with Crippen LogP contribution in [0.1, 0.15) is 16.8 Å². The van der Waals surface area contributed by atoms with Crippen molar-refractivity contribution in [1.29, 1.82) is 0 Å². The average Bonchev–Trinajstić information content (AvgIpc) is 3.04. The first-order chi connectivity index (χ1) is 12.1. The summed E-state index contributed by atoms with van der Waals surface area (Å²) in [6.07, 6.45) is 0.695. The molecule has 2 heterocycles. The predicted molar refractivity (Wildman–Crippen MR) is 88.2 cm³/mol. The van der Waals surface area contributed by atoms with Crippen LogP contribution < -0.4 is 16.0 Å². The minimum atomic E-state index is -0.657. The number of hydrogen-bond donors (Lipinski definition) is 3. The largest absolute Gasteiger partial charge is 0.356 e. The van der Waals surface area contributed by atoms with Gasteiger partial charge in [0.05, 0.1) is 5.92 Å². The quantitative estimate of drug-likeness (QED) is 0.684. The van der Waals surface area contributed by atoms with Crippen molar-refractivity contribution >= 4 is 17.7 Å². The number of nitrogens with zero attached hydrogens (tertiary/aromatic N) is 1. The van der Waals surface area contributed by atoms with E-state index in [4.69, 9.17) is 0 Å². The van der Waals surface area contributed by atoms with Gasteiger partial charge < -0.3 is 20.9 Å². The van der Waals surface area contributed by atoms with E-state index in [2.05, 4.69) is 16.0 Å². The Kier molecular flexibility index (Phi) is 5.28. The van der Waals surface area contributed by atoms with Crippen molar-refractivity contribution in [3.05, 3.63) is 35.6 Å². The first-order valence-electron chi connectivity index (χ1n) is 8.39. The van der Waals surface area contributed by atoms with Gasteiger partial charge in [0.15, 0.2) is 0 Å². The van der Waals surface area contributed by atoms with E-state index in [0.29, 0.717) is 38.2 Å². The summed E-state index contributed by atoms with van der Waals surface area (Å²) in [6.45, 7) is 2.20. The molecule has 3 amide bonds. The Balaban J connectivity index is 1.65. The minimum absolute atomic E-state index is 0.0543. The SMILES string of the molecule is O=C1NCCC1CNC(=O)C1CNCCN1C(=O)c1ccc(F)cc1. The van der Waals surface area contributed by atoms with Crippen LogP contribution in [0.3, 0.4) is 0 Å². The molecule has 1 aromatic carbocycles. The summed E-state index contributed by atoms with van der Waals surface area (Å²) in [5.74, 6) is -1.29. The van der Waals surface area contributed by atoms with Crippen LogP contribution in [0.4, 0.5) is 4.39 Å². The standard InChI is InChI=1S/C17H21FN4O3/c18-13-3-1-11(2-4-13)17(25)22-8-7-19-10-14(22)16(24)21-9-12-5-6-20-15(12)23/h1-4,12,14,19H,5-10H2,(H,20,23)(H,21,24). The second-order valence-corrected chi connectivity index (χ2v) is 6.25. The van der Waals surface area contributed by atoms with Crippen LogP contribution in [0, 0.1) is 11.7 Å². The van der Waals surface area contributed by atoms with Gasteiger partial charge in [0.1, 0.15) is 11.9 Å². The van der Waals surface area contributed by atoms with Gasteiger partial charge in [-0.3, -0.25) is 14.4 Å². The van der Waals surface area contributed by atoms with E-state index in [1.807, 2.05) is 0 Å². The number of hydrogen-bond acceptors (Lipinski definition) is 4. The van der Waals surface area contributed by atoms with Crippen LogP contribution in [0.25, 0.3) is 0 Å². The number of carbonyl (C=O) groups is 3. The van der Waals surface area contributed by atoms with Gasteiger partial charge in [-0.05, 0) is 30.7 Å².